The molecule has 0 spiro atoms. The minimum Gasteiger partial charge on any atom is -0.505 e. The zero-order valence-electron chi connectivity index (χ0n) is 15.4. The SMILES string of the molecule is O=C(O)CC/C=C\CC[C@H]1[C@@H](O)CO[C@@H]1/C=C/C(O)=C/Oc1cccc(Cl)c1. The van der Waals surface area contributed by atoms with Crippen molar-refractivity contribution < 1.29 is 29.6 Å². The number of carboxylic acids is 1. The Bertz CT molecular complexity index is 727. The van der Waals surface area contributed by atoms with Gasteiger partial charge >= 0.3 is 5.97 Å². The highest BCUT2D eigenvalue weighted by Gasteiger charge is 2.33. The van der Waals surface area contributed by atoms with Crippen LogP contribution in [0.4, 0.5) is 0 Å². The number of halogens is 1. The largest absolute Gasteiger partial charge is 0.505 e. The Balaban J connectivity index is 1.83. The molecule has 0 unspecified atom stereocenters. The van der Waals surface area contributed by atoms with Gasteiger partial charge in [0.05, 0.1) is 18.8 Å². The monoisotopic (exact) mass is 408 g/mol. The molecule has 0 aliphatic carbocycles. The third-order valence-electron chi connectivity index (χ3n) is 4.30. The van der Waals surface area contributed by atoms with Gasteiger partial charge in [0, 0.05) is 17.4 Å². The molecule has 1 aromatic carbocycles. The Labute approximate surface area is 169 Å². The van der Waals surface area contributed by atoms with Crippen molar-refractivity contribution in [1.29, 1.82) is 0 Å². The summed E-state index contributed by atoms with van der Waals surface area (Å²) in [6.45, 7) is 0.242. The van der Waals surface area contributed by atoms with Crippen LogP contribution in [0.2, 0.25) is 5.02 Å². The summed E-state index contributed by atoms with van der Waals surface area (Å²) < 4.78 is 10.9. The molecule has 152 valence electrons. The van der Waals surface area contributed by atoms with Crippen LogP contribution >= 0.6 is 11.6 Å². The van der Waals surface area contributed by atoms with Crippen molar-refractivity contribution in [3.8, 4) is 5.75 Å². The summed E-state index contributed by atoms with van der Waals surface area (Å²) in [6.07, 6.45) is 9.26. The Kier molecular flexibility index (Phi) is 9.07. The number of aliphatic carboxylic acids is 1. The van der Waals surface area contributed by atoms with Gasteiger partial charge in [-0.25, -0.2) is 0 Å². The fourth-order valence-electron chi connectivity index (χ4n) is 2.86. The van der Waals surface area contributed by atoms with E-state index >= 15 is 0 Å². The van der Waals surface area contributed by atoms with E-state index in [0.29, 0.717) is 23.6 Å². The molecule has 1 aliphatic rings. The number of hydrogen-bond acceptors (Lipinski definition) is 5. The highest BCUT2D eigenvalue weighted by molar-refractivity contribution is 6.30. The molecule has 1 saturated heterocycles. The number of carbonyl (C=O) groups is 1. The van der Waals surface area contributed by atoms with Gasteiger partial charge in [-0.15, -0.1) is 0 Å². The van der Waals surface area contributed by atoms with Crippen molar-refractivity contribution in [2.75, 3.05) is 6.61 Å². The molecule has 2 rings (SSSR count). The Morgan fingerprint density at radius 1 is 1.29 bits per heavy atom. The highest BCUT2D eigenvalue weighted by Crippen LogP contribution is 2.27. The molecule has 1 aromatic rings. The summed E-state index contributed by atoms with van der Waals surface area (Å²) >= 11 is 5.87. The van der Waals surface area contributed by atoms with Crippen LogP contribution in [-0.2, 0) is 9.53 Å². The van der Waals surface area contributed by atoms with E-state index < -0.39 is 12.1 Å². The van der Waals surface area contributed by atoms with Crippen molar-refractivity contribution in [2.45, 2.75) is 37.9 Å². The van der Waals surface area contributed by atoms with E-state index in [0.717, 1.165) is 6.42 Å². The molecule has 6 nitrogen and oxygen atoms in total. The maximum absolute atomic E-state index is 10.5. The van der Waals surface area contributed by atoms with E-state index in [1.54, 1.807) is 30.3 Å². The standard InChI is InChI=1S/C21H25ClO6/c22-15-6-5-7-17(12-15)27-13-16(23)10-11-20-18(19(24)14-28-20)8-3-1-2-4-9-21(25)26/h1-2,5-7,10-13,18-20,23-24H,3-4,8-9,14H2,(H,25,26)/b2-1-,11-10+,16-13-/t18-,19-,20+/m0/s1. The Morgan fingerprint density at radius 3 is 2.82 bits per heavy atom. The first-order valence-electron chi connectivity index (χ1n) is 9.11. The number of carboxylic acid groups (broad SMARTS) is 1. The third-order valence-corrected chi connectivity index (χ3v) is 4.54. The van der Waals surface area contributed by atoms with Gasteiger partial charge in [-0.05, 0) is 43.5 Å². The van der Waals surface area contributed by atoms with Crippen LogP contribution in [0.5, 0.6) is 5.75 Å². The summed E-state index contributed by atoms with van der Waals surface area (Å²) in [4.78, 5) is 10.5. The number of hydrogen-bond donors (Lipinski definition) is 3. The van der Waals surface area contributed by atoms with Gasteiger partial charge in [0.15, 0.2) is 0 Å². The van der Waals surface area contributed by atoms with Crippen molar-refractivity contribution >= 4 is 17.6 Å². The summed E-state index contributed by atoms with van der Waals surface area (Å²) in [5.74, 6) is -0.492. The predicted molar refractivity (Wildman–Crippen MR) is 106 cm³/mol. The molecule has 3 N–H and O–H groups in total. The zero-order valence-corrected chi connectivity index (χ0v) is 16.2. The molecule has 7 heteroatoms. The second-order valence-corrected chi connectivity index (χ2v) is 6.92. The average molecular weight is 409 g/mol. The van der Waals surface area contributed by atoms with Crippen molar-refractivity contribution in [3.63, 3.8) is 0 Å². The minimum absolute atomic E-state index is 0.0859. The van der Waals surface area contributed by atoms with Crippen LogP contribution in [0.1, 0.15) is 25.7 Å². The molecule has 1 heterocycles. The van der Waals surface area contributed by atoms with E-state index in [1.165, 1.54) is 12.3 Å². The van der Waals surface area contributed by atoms with Gasteiger partial charge in [-0.3, -0.25) is 4.79 Å². The van der Waals surface area contributed by atoms with Crippen molar-refractivity contribution in [2.24, 2.45) is 5.92 Å². The van der Waals surface area contributed by atoms with Crippen LogP contribution in [0, 0.1) is 5.92 Å². The third kappa shape index (κ3) is 7.76. The number of allylic oxidation sites excluding steroid dienone is 3. The molecule has 0 radical (unpaired) electrons. The van der Waals surface area contributed by atoms with Crippen LogP contribution in [-0.4, -0.2) is 40.1 Å². The molecule has 1 aliphatic heterocycles. The fraction of sp³-hybridized carbons (Fsp3) is 0.381. The Hall–Kier alpha value is -2.28. The van der Waals surface area contributed by atoms with Gasteiger partial charge in [0.25, 0.3) is 0 Å². The quantitative estimate of drug-likeness (QED) is 0.304. The van der Waals surface area contributed by atoms with Gasteiger partial charge in [-0.2, -0.15) is 0 Å². The normalized spacial score (nSPS) is 22.9. The first-order valence-corrected chi connectivity index (χ1v) is 9.49. The number of aliphatic hydroxyl groups is 2. The lowest BCUT2D eigenvalue weighted by Crippen LogP contribution is -2.22. The molecule has 3 atom stereocenters. The summed E-state index contributed by atoms with van der Waals surface area (Å²) in [7, 11) is 0. The van der Waals surface area contributed by atoms with Crippen molar-refractivity contribution in [3.05, 3.63) is 65.6 Å². The number of ether oxygens (including phenoxy) is 2. The van der Waals surface area contributed by atoms with Crippen LogP contribution < -0.4 is 4.74 Å². The topological polar surface area (TPSA) is 96.2 Å². The van der Waals surface area contributed by atoms with Crippen molar-refractivity contribution in [1.82, 2.24) is 0 Å². The lowest BCUT2D eigenvalue weighted by Gasteiger charge is -2.16. The molecule has 0 saturated carbocycles. The first-order chi connectivity index (χ1) is 13.5. The Morgan fingerprint density at radius 2 is 2.07 bits per heavy atom. The summed E-state index contributed by atoms with van der Waals surface area (Å²) in [5.41, 5.74) is 0. The number of benzene rings is 1. The maximum atomic E-state index is 10.5. The predicted octanol–water partition coefficient (Wildman–Crippen LogP) is 4.25. The van der Waals surface area contributed by atoms with E-state index in [-0.39, 0.29) is 30.8 Å². The van der Waals surface area contributed by atoms with Gasteiger partial charge in [0.2, 0.25) is 0 Å². The lowest BCUT2D eigenvalue weighted by molar-refractivity contribution is -0.136. The van der Waals surface area contributed by atoms with E-state index in [9.17, 15) is 15.0 Å². The van der Waals surface area contributed by atoms with E-state index in [2.05, 4.69) is 0 Å². The minimum atomic E-state index is -0.818. The molecule has 0 amide bonds. The second kappa shape index (κ2) is 11.5. The molecular weight excluding hydrogens is 384 g/mol. The van der Waals surface area contributed by atoms with E-state index in [4.69, 9.17) is 26.2 Å². The van der Waals surface area contributed by atoms with Crippen LogP contribution in [0.3, 0.4) is 0 Å². The van der Waals surface area contributed by atoms with Gasteiger partial charge in [-0.1, -0.05) is 35.9 Å². The molecule has 0 bridgehead atoms. The molecule has 28 heavy (non-hydrogen) atoms. The van der Waals surface area contributed by atoms with Crippen LogP contribution in [0.15, 0.2) is 60.6 Å². The summed E-state index contributed by atoms with van der Waals surface area (Å²) in [5, 5.41) is 29.2. The number of rotatable bonds is 10. The molecular formula is C21H25ClO6. The second-order valence-electron chi connectivity index (χ2n) is 6.49. The highest BCUT2D eigenvalue weighted by atomic mass is 35.5. The lowest BCUT2D eigenvalue weighted by atomic mass is 9.93. The van der Waals surface area contributed by atoms with Gasteiger partial charge in [0.1, 0.15) is 17.8 Å². The summed E-state index contributed by atoms with van der Waals surface area (Å²) in [6, 6.07) is 6.82. The zero-order chi connectivity index (χ0) is 20.4. The van der Waals surface area contributed by atoms with Gasteiger partial charge < -0.3 is 24.8 Å². The average Bonchev–Trinajstić information content (AvgIpc) is 3.01. The van der Waals surface area contributed by atoms with E-state index in [1.807, 2.05) is 12.2 Å². The maximum Gasteiger partial charge on any atom is 0.303 e. The fourth-order valence-corrected chi connectivity index (χ4v) is 3.04. The van der Waals surface area contributed by atoms with Crippen LogP contribution in [0.25, 0.3) is 0 Å². The number of aliphatic hydroxyl groups excluding tert-OH is 2. The molecule has 0 aromatic heterocycles. The molecule has 1 fully saturated rings. The smallest absolute Gasteiger partial charge is 0.303 e. The first kappa shape index (κ1) is 22.0.